The van der Waals surface area contributed by atoms with Gasteiger partial charge in [0.1, 0.15) is 0 Å². The van der Waals surface area contributed by atoms with E-state index in [9.17, 15) is 4.79 Å². The fourth-order valence-electron chi connectivity index (χ4n) is 4.28. The summed E-state index contributed by atoms with van der Waals surface area (Å²) in [7, 11) is 0. The van der Waals surface area contributed by atoms with Crippen LogP contribution in [0.2, 0.25) is 0 Å². The molecule has 26 heavy (non-hydrogen) atoms. The Morgan fingerprint density at radius 1 is 1.31 bits per heavy atom. The van der Waals surface area contributed by atoms with E-state index in [0.717, 1.165) is 43.7 Å². The van der Waals surface area contributed by atoms with Crippen molar-refractivity contribution in [2.75, 3.05) is 13.1 Å². The van der Waals surface area contributed by atoms with E-state index in [1.807, 2.05) is 41.2 Å². The molecular formula is C19H26N6O. The van der Waals surface area contributed by atoms with Crippen LogP contribution in [0.25, 0.3) is 0 Å². The smallest absolute Gasteiger partial charge is 0.224 e. The van der Waals surface area contributed by atoms with Gasteiger partial charge in [-0.3, -0.25) is 14.4 Å². The molecule has 0 aliphatic carbocycles. The van der Waals surface area contributed by atoms with Gasteiger partial charge in [-0.25, -0.2) is 0 Å². The summed E-state index contributed by atoms with van der Waals surface area (Å²) in [6, 6.07) is 10.5. The normalized spacial score (nSPS) is 27.4. The average Bonchev–Trinajstić information content (AvgIpc) is 3.15. The minimum Gasteiger partial charge on any atom is -0.352 e. The van der Waals surface area contributed by atoms with Crippen molar-refractivity contribution < 1.29 is 4.79 Å². The van der Waals surface area contributed by atoms with Crippen LogP contribution in [-0.4, -0.2) is 44.9 Å². The van der Waals surface area contributed by atoms with Gasteiger partial charge >= 0.3 is 0 Å². The number of amides is 1. The number of piperidine rings is 3. The first-order valence-electron chi connectivity index (χ1n) is 9.37. The van der Waals surface area contributed by atoms with Gasteiger partial charge in [-0.05, 0) is 30.9 Å². The number of fused-ring (bicyclic) bond motifs is 3. The van der Waals surface area contributed by atoms with Crippen molar-refractivity contribution in [1.29, 1.82) is 0 Å². The first-order valence-corrected chi connectivity index (χ1v) is 9.37. The lowest BCUT2D eigenvalue weighted by molar-refractivity contribution is -0.133. The lowest BCUT2D eigenvalue weighted by atomic mass is 9.75. The number of benzene rings is 1. The van der Waals surface area contributed by atoms with Gasteiger partial charge in [0.25, 0.3) is 0 Å². The molecule has 7 nitrogen and oxygen atoms in total. The summed E-state index contributed by atoms with van der Waals surface area (Å²) >= 11 is 0. The van der Waals surface area contributed by atoms with Gasteiger partial charge in [-0.2, -0.15) is 0 Å². The molecule has 3 N–H and O–H groups in total. The minimum atomic E-state index is 0.0964. The fraction of sp³-hybridized carbons (Fsp3) is 0.526. The highest BCUT2D eigenvalue weighted by atomic mass is 16.1. The molecule has 3 aliphatic heterocycles. The largest absolute Gasteiger partial charge is 0.352 e. The molecular weight excluding hydrogens is 328 g/mol. The number of nitrogens with one attached hydrogen (secondary N) is 1. The Kier molecular flexibility index (Phi) is 4.99. The van der Waals surface area contributed by atoms with Crippen molar-refractivity contribution >= 4 is 5.91 Å². The van der Waals surface area contributed by atoms with Crippen LogP contribution in [-0.2, 0) is 24.4 Å². The lowest BCUT2D eigenvalue weighted by Crippen LogP contribution is -2.58. The molecule has 3 aliphatic rings. The van der Waals surface area contributed by atoms with Gasteiger partial charge in [0.15, 0.2) is 0 Å². The topological polar surface area (TPSA) is 89.1 Å². The van der Waals surface area contributed by atoms with E-state index in [0.29, 0.717) is 25.0 Å². The molecule has 3 fully saturated rings. The third kappa shape index (κ3) is 3.64. The Morgan fingerprint density at radius 2 is 2.15 bits per heavy atom. The third-order valence-electron chi connectivity index (χ3n) is 5.72. The summed E-state index contributed by atoms with van der Waals surface area (Å²) in [6.07, 6.45) is 4.07. The molecule has 138 valence electrons. The van der Waals surface area contributed by atoms with Crippen LogP contribution >= 0.6 is 0 Å². The van der Waals surface area contributed by atoms with Crippen LogP contribution in [0.5, 0.6) is 0 Å². The number of rotatable bonds is 6. The molecule has 3 saturated heterocycles. The van der Waals surface area contributed by atoms with Gasteiger partial charge in [-0.15, -0.1) is 5.10 Å². The van der Waals surface area contributed by atoms with Crippen molar-refractivity contribution in [2.24, 2.45) is 17.6 Å². The van der Waals surface area contributed by atoms with Crippen molar-refractivity contribution in [3.8, 4) is 0 Å². The maximum absolute atomic E-state index is 12.7. The van der Waals surface area contributed by atoms with Gasteiger partial charge < -0.3 is 11.1 Å². The monoisotopic (exact) mass is 354 g/mol. The molecule has 1 amide bonds. The van der Waals surface area contributed by atoms with E-state index >= 15 is 0 Å². The second-order valence-electron chi connectivity index (χ2n) is 7.38. The van der Waals surface area contributed by atoms with E-state index < -0.39 is 0 Å². The number of nitrogens with two attached hydrogens (primary N) is 1. The molecule has 7 heteroatoms. The number of aromatic nitrogens is 3. The average molecular weight is 354 g/mol. The molecule has 1 aromatic heterocycles. The van der Waals surface area contributed by atoms with Crippen LogP contribution in [0.1, 0.15) is 24.1 Å². The summed E-state index contributed by atoms with van der Waals surface area (Å²) in [6.45, 7) is 3.75. The second kappa shape index (κ2) is 7.55. The molecule has 1 aromatic carbocycles. The number of hydrogen-bond donors (Lipinski definition) is 2. The highest BCUT2D eigenvalue weighted by Gasteiger charge is 2.43. The Hall–Kier alpha value is -2.25. The summed E-state index contributed by atoms with van der Waals surface area (Å²) in [5.74, 6) is 0.741. The fourth-order valence-corrected chi connectivity index (χ4v) is 4.28. The zero-order chi connectivity index (χ0) is 17.9. The van der Waals surface area contributed by atoms with Crippen molar-refractivity contribution in [3.63, 3.8) is 0 Å². The van der Waals surface area contributed by atoms with E-state index in [1.54, 1.807) is 0 Å². The lowest BCUT2D eigenvalue weighted by Gasteiger charge is -2.49. The SMILES string of the molecule is NCc1cn(C[C@H]2CC3CCN2C[C@@H]3C(=O)NCc2ccccc2)nn1. The van der Waals surface area contributed by atoms with Gasteiger partial charge in [0.05, 0.1) is 18.2 Å². The van der Waals surface area contributed by atoms with Crippen molar-refractivity contribution in [2.45, 2.75) is 38.5 Å². The van der Waals surface area contributed by atoms with E-state index in [1.165, 1.54) is 0 Å². The van der Waals surface area contributed by atoms with Crippen LogP contribution in [0, 0.1) is 11.8 Å². The molecule has 2 bridgehead atoms. The maximum Gasteiger partial charge on any atom is 0.224 e. The predicted molar refractivity (Wildman–Crippen MR) is 97.8 cm³/mol. The number of carbonyl (C=O) groups excluding carboxylic acids is 1. The molecule has 4 heterocycles. The Balaban J connectivity index is 1.33. The molecule has 2 unspecified atom stereocenters. The number of nitrogens with zero attached hydrogens (tertiary/aromatic N) is 4. The van der Waals surface area contributed by atoms with E-state index in [2.05, 4.69) is 20.5 Å². The van der Waals surface area contributed by atoms with E-state index in [4.69, 9.17) is 5.73 Å². The van der Waals surface area contributed by atoms with E-state index in [-0.39, 0.29) is 11.8 Å². The van der Waals surface area contributed by atoms with Crippen LogP contribution in [0.4, 0.5) is 0 Å². The zero-order valence-corrected chi connectivity index (χ0v) is 14.9. The summed E-state index contributed by atoms with van der Waals surface area (Å²) in [5.41, 5.74) is 7.57. The Bertz CT molecular complexity index is 745. The molecule has 5 rings (SSSR count). The van der Waals surface area contributed by atoms with Gasteiger partial charge in [0, 0.05) is 31.9 Å². The highest BCUT2D eigenvalue weighted by molar-refractivity contribution is 5.79. The number of carbonyl (C=O) groups is 1. The van der Waals surface area contributed by atoms with Crippen molar-refractivity contribution in [1.82, 2.24) is 25.2 Å². The number of hydrogen-bond acceptors (Lipinski definition) is 5. The summed E-state index contributed by atoms with van der Waals surface area (Å²) < 4.78 is 1.89. The van der Waals surface area contributed by atoms with Crippen LogP contribution < -0.4 is 11.1 Å². The van der Waals surface area contributed by atoms with Crippen molar-refractivity contribution in [3.05, 3.63) is 47.8 Å². The Labute approximate surface area is 153 Å². The highest BCUT2D eigenvalue weighted by Crippen LogP contribution is 2.36. The van der Waals surface area contributed by atoms with Gasteiger partial charge in [-0.1, -0.05) is 35.5 Å². The maximum atomic E-state index is 12.7. The zero-order valence-electron chi connectivity index (χ0n) is 14.9. The summed E-state index contributed by atoms with van der Waals surface area (Å²) in [4.78, 5) is 15.1. The minimum absolute atomic E-state index is 0.0964. The molecule has 4 atom stereocenters. The van der Waals surface area contributed by atoms with Crippen LogP contribution in [0.15, 0.2) is 36.5 Å². The molecule has 0 saturated carbocycles. The standard InChI is InChI=1S/C19H26N6O/c20-9-16-11-25(23-22-16)12-17-8-15-6-7-24(17)13-18(15)19(26)21-10-14-4-2-1-3-5-14/h1-5,11,15,17-18H,6-10,12-13,20H2,(H,21,26)/t15?,17-,18+/m1/s1. The van der Waals surface area contributed by atoms with Crippen LogP contribution in [0.3, 0.4) is 0 Å². The third-order valence-corrected chi connectivity index (χ3v) is 5.72. The summed E-state index contributed by atoms with van der Waals surface area (Å²) in [5, 5.41) is 11.3. The molecule has 0 radical (unpaired) electrons. The Morgan fingerprint density at radius 3 is 2.85 bits per heavy atom. The second-order valence-corrected chi connectivity index (χ2v) is 7.38. The quantitative estimate of drug-likeness (QED) is 0.800. The first kappa shape index (κ1) is 17.2. The predicted octanol–water partition coefficient (Wildman–Crippen LogP) is 0.764. The molecule has 0 spiro atoms. The molecule has 2 aromatic rings. The first-order chi connectivity index (χ1) is 12.7. The van der Waals surface area contributed by atoms with Gasteiger partial charge in [0.2, 0.25) is 5.91 Å².